The second-order valence-electron chi connectivity index (χ2n) is 4.69. The predicted molar refractivity (Wildman–Crippen MR) is 69.1 cm³/mol. The van der Waals surface area contributed by atoms with Crippen molar-refractivity contribution in [3.05, 3.63) is 35.4 Å². The number of hydrogen-bond donors (Lipinski definition) is 1. The van der Waals surface area contributed by atoms with E-state index >= 15 is 0 Å². The van der Waals surface area contributed by atoms with E-state index in [0.29, 0.717) is 17.1 Å². The molecule has 1 fully saturated rings. The van der Waals surface area contributed by atoms with Crippen LogP contribution in [0.4, 0.5) is 0 Å². The Hall–Kier alpha value is -1.19. The first-order chi connectivity index (χ1) is 8.24. The molecule has 1 aliphatic rings. The number of hydrogen-bond acceptors (Lipinski definition) is 3. The summed E-state index contributed by atoms with van der Waals surface area (Å²) in [6.07, 6.45) is 6.87. The molecule has 0 bridgehead atoms. The Labute approximate surface area is 105 Å². The smallest absolute Gasteiger partial charge is 0.129 e. The number of halogens is 1. The number of nitrogens with two attached hydrogens (primary N) is 1. The lowest BCUT2D eigenvalue weighted by atomic mass is 9.98. The lowest BCUT2D eigenvalue weighted by Crippen LogP contribution is -2.14. The molecule has 2 aromatic heterocycles. The van der Waals surface area contributed by atoms with E-state index in [2.05, 4.69) is 9.97 Å². The van der Waals surface area contributed by atoms with Crippen LogP contribution in [0.1, 0.15) is 30.9 Å². The van der Waals surface area contributed by atoms with Crippen LogP contribution < -0.4 is 5.73 Å². The van der Waals surface area contributed by atoms with Crippen molar-refractivity contribution >= 4 is 22.4 Å². The first-order valence-electron chi connectivity index (χ1n) is 5.90. The molecule has 2 atom stereocenters. The van der Waals surface area contributed by atoms with Crippen molar-refractivity contribution in [3.63, 3.8) is 0 Å². The quantitative estimate of drug-likeness (QED) is 0.789. The molecule has 3 nitrogen and oxygen atoms in total. The molecule has 1 saturated carbocycles. The van der Waals surface area contributed by atoms with E-state index < -0.39 is 0 Å². The molecule has 2 aromatic rings. The Morgan fingerprint density at radius 2 is 2.18 bits per heavy atom. The molecule has 0 saturated heterocycles. The van der Waals surface area contributed by atoms with Crippen LogP contribution in [0.2, 0.25) is 5.15 Å². The first kappa shape index (κ1) is 10.9. The highest BCUT2D eigenvalue weighted by Gasteiger charge is 2.25. The number of nitrogens with zero attached hydrogens (tertiary/aromatic N) is 2. The molecule has 88 valence electrons. The van der Waals surface area contributed by atoms with Crippen molar-refractivity contribution < 1.29 is 0 Å². The maximum atomic E-state index is 5.97. The highest BCUT2D eigenvalue weighted by molar-refractivity contribution is 6.30. The van der Waals surface area contributed by atoms with Crippen LogP contribution in [0.25, 0.3) is 10.8 Å². The number of fused-ring (bicyclic) bond motifs is 1. The zero-order chi connectivity index (χ0) is 11.8. The van der Waals surface area contributed by atoms with E-state index in [9.17, 15) is 0 Å². The summed E-state index contributed by atoms with van der Waals surface area (Å²) in [6, 6.07) is 4.19. The molecule has 2 N–H and O–H groups in total. The number of aromatic nitrogens is 2. The van der Waals surface area contributed by atoms with Crippen molar-refractivity contribution in [2.75, 3.05) is 0 Å². The molecule has 4 heteroatoms. The standard InChI is InChI=1S/C13H14ClN3/c14-12-6-11-9(7-17-12)3-4-16-13(11)8-1-2-10(15)5-8/h3-4,6-8,10H,1-2,5,15H2/t8?,10-/m1/s1. The van der Waals surface area contributed by atoms with Gasteiger partial charge >= 0.3 is 0 Å². The SMILES string of the molecule is N[C@@H]1CCC(c2nccc3cnc(Cl)cc23)C1. The maximum absolute atomic E-state index is 5.97. The molecule has 3 rings (SSSR count). The summed E-state index contributed by atoms with van der Waals surface area (Å²) in [5.41, 5.74) is 7.10. The summed E-state index contributed by atoms with van der Waals surface area (Å²) in [5, 5.41) is 2.74. The molecule has 1 unspecified atom stereocenters. The summed E-state index contributed by atoms with van der Waals surface area (Å²) in [6.45, 7) is 0. The highest BCUT2D eigenvalue weighted by atomic mass is 35.5. The number of pyridine rings is 2. The van der Waals surface area contributed by atoms with Gasteiger partial charge < -0.3 is 5.73 Å². The van der Waals surface area contributed by atoms with Gasteiger partial charge in [0.05, 0.1) is 5.69 Å². The molecule has 2 heterocycles. The molecule has 0 aliphatic heterocycles. The van der Waals surface area contributed by atoms with Gasteiger partial charge in [0, 0.05) is 35.1 Å². The minimum Gasteiger partial charge on any atom is -0.328 e. The fourth-order valence-electron chi connectivity index (χ4n) is 2.65. The van der Waals surface area contributed by atoms with Gasteiger partial charge in [-0.1, -0.05) is 11.6 Å². The minimum absolute atomic E-state index is 0.314. The number of rotatable bonds is 1. The molecule has 0 amide bonds. The molecule has 0 radical (unpaired) electrons. The van der Waals surface area contributed by atoms with Crippen LogP contribution in [0.3, 0.4) is 0 Å². The van der Waals surface area contributed by atoms with Crippen LogP contribution in [0.5, 0.6) is 0 Å². The van der Waals surface area contributed by atoms with Gasteiger partial charge in [0.1, 0.15) is 5.15 Å². The summed E-state index contributed by atoms with van der Waals surface area (Å²) in [7, 11) is 0. The van der Waals surface area contributed by atoms with E-state index in [-0.39, 0.29) is 0 Å². The Balaban J connectivity index is 2.12. The van der Waals surface area contributed by atoms with Gasteiger partial charge in [-0.2, -0.15) is 0 Å². The zero-order valence-electron chi connectivity index (χ0n) is 9.44. The van der Waals surface area contributed by atoms with Gasteiger partial charge in [-0.25, -0.2) is 4.98 Å². The van der Waals surface area contributed by atoms with Gasteiger partial charge in [-0.05, 0) is 31.4 Å². The third-order valence-corrected chi connectivity index (χ3v) is 3.71. The summed E-state index contributed by atoms with van der Waals surface area (Å²) in [5.74, 6) is 0.465. The molecule has 0 spiro atoms. The van der Waals surface area contributed by atoms with E-state index in [1.54, 1.807) is 6.20 Å². The molecule has 1 aliphatic carbocycles. The monoisotopic (exact) mass is 247 g/mol. The molecule has 0 aromatic carbocycles. The Morgan fingerprint density at radius 1 is 1.29 bits per heavy atom. The van der Waals surface area contributed by atoms with Crippen molar-refractivity contribution in [3.8, 4) is 0 Å². The topological polar surface area (TPSA) is 51.8 Å². The van der Waals surface area contributed by atoms with Crippen LogP contribution in [0.15, 0.2) is 24.5 Å². The molecular weight excluding hydrogens is 234 g/mol. The van der Waals surface area contributed by atoms with E-state index in [0.717, 1.165) is 35.7 Å². The van der Waals surface area contributed by atoms with Gasteiger partial charge in [0.15, 0.2) is 0 Å². The van der Waals surface area contributed by atoms with Crippen LogP contribution in [-0.4, -0.2) is 16.0 Å². The van der Waals surface area contributed by atoms with Gasteiger partial charge in [-0.3, -0.25) is 4.98 Å². The summed E-state index contributed by atoms with van der Waals surface area (Å²) >= 11 is 5.96. The van der Waals surface area contributed by atoms with Crippen molar-refractivity contribution in [1.29, 1.82) is 0 Å². The molecular formula is C13H14ClN3. The Bertz CT molecular complexity index is 555. The fraction of sp³-hybridized carbons (Fsp3) is 0.385. The Kier molecular flexibility index (Phi) is 2.73. The minimum atomic E-state index is 0.314. The van der Waals surface area contributed by atoms with Gasteiger partial charge in [0.2, 0.25) is 0 Å². The van der Waals surface area contributed by atoms with Gasteiger partial charge in [-0.15, -0.1) is 0 Å². The van der Waals surface area contributed by atoms with Crippen LogP contribution in [-0.2, 0) is 0 Å². The second-order valence-corrected chi connectivity index (χ2v) is 5.08. The zero-order valence-corrected chi connectivity index (χ0v) is 10.2. The lowest BCUT2D eigenvalue weighted by molar-refractivity contribution is 0.666. The second kappa shape index (κ2) is 4.24. The maximum Gasteiger partial charge on any atom is 0.129 e. The highest BCUT2D eigenvalue weighted by Crippen LogP contribution is 2.36. The van der Waals surface area contributed by atoms with E-state index in [4.69, 9.17) is 17.3 Å². The van der Waals surface area contributed by atoms with Crippen molar-refractivity contribution in [2.45, 2.75) is 31.2 Å². The van der Waals surface area contributed by atoms with E-state index in [1.165, 1.54) is 0 Å². The third-order valence-electron chi connectivity index (χ3n) is 3.50. The first-order valence-corrected chi connectivity index (χ1v) is 6.27. The fourth-order valence-corrected chi connectivity index (χ4v) is 2.81. The summed E-state index contributed by atoms with van der Waals surface area (Å²) in [4.78, 5) is 8.63. The van der Waals surface area contributed by atoms with Gasteiger partial charge in [0.25, 0.3) is 0 Å². The van der Waals surface area contributed by atoms with E-state index in [1.807, 2.05) is 18.3 Å². The third kappa shape index (κ3) is 2.01. The lowest BCUT2D eigenvalue weighted by Gasteiger charge is -2.12. The predicted octanol–water partition coefficient (Wildman–Crippen LogP) is 2.88. The average Bonchev–Trinajstić information content (AvgIpc) is 2.75. The van der Waals surface area contributed by atoms with Crippen LogP contribution >= 0.6 is 11.6 Å². The average molecular weight is 248 g/mol. The van der Waals surface area contributed by atoms with Crippen LogP contribution in [0, 0.1) is 0 Å². The van der Waals surface area contributed by atoms with Crippen molar-refractivity contribution in [2.24, 2.45) is 5.73 Å². The normalized spacial score (nSPS) is 24.4. The summed E-state index contributed by atoms with van der Waals surface area (Å²) < 4.78 is 0. The molecule has 17 heavy (non-hydrogen) atoms. The largest absolute Gasteiger partial charge is 0.328 e. The van der Waals surface area contributed by atoms with Crippen molar-refractivity contribution in [1.82, 2.24) is 9.97 Å². The Morgan fingerprint density at radius 3 is 2.94 bits per heavy atom.